The minimum atomic E-state index is 0.126. The second kappa shape index (κ2) is 6.77. The van der Waals surface area contributed by atoms with Gasteiger partial charge in [0.2, 0.25) is 0 Å². The van der Waals surface area contributed by atoms with Gasteiger partial charge in [0, 0.05) is 10.0 Å². The van der Waals surface area contributed by atoms with Gasteiger partial charge in [0.15, 0.2) is 0 Å². The number of hydrogen-bond acceptors (Lipinski definition) is 1. The first-order chi connectivity index (χ1) is 9.54. The first kappa shape index (κ1) is 15.6. The zero-order chi connectivity index (χ0) is 14.7. The molecule has 0 amide bonds. The SMILES string of the molecule is CCOc1ccc(C)cc1C(Br)c1cccc(Br)c1C. The molecule has 1 unspecified atom stereocenters. The van der Waals surface area contributed by atoms with Crippen molar-refractivity contribution in [2.75, 3.05) is 6.61 Å². The lowest BCUT2D eigenvalue weighted by molar-refractivity contribution is 0.337. The van der Waals surface area contributed by atoms with Gasteiger partial charge in [-0.3, -0.25) is 0 Å². The Balaban J connectivity index is 2.49. The van der Waals surface area contributed by atoms with Crippen LogP contribution < -0.4 is 4.74 Å². The van der Waals surface area contributed by atoms with E-state index in [4.69, 9.17) is 4.74 Å². The highest BCUT2D eigenvalue weighted by Gasteiger charge is 2.18. The summed E-state index contributed by atoms with van der Waals surface area (Å²) in [5.74, 6) is 0.944. The molecule has 0 bridgehead atoms. The van der Waals surface area contributed by atoms with Crippen molar-refractivity contribution in [3.8, 4) is 5.75 Å². The summed E-state index contributed by atoms with van der Waals surface area (Å²) in [6, 6.07) is 12.6. The van der Waals surface area contributed by atoms with Crippen LogP contribution in [0.15, 0.2) is 40.9 Å². The molecule has 1 nitrogen and oxygen atoms in total. The van der Waals surface area contributed by atoms with E-state index in [-0.39, 0.29) is 4.83 Å². The van der Waals surface area contributed by atoms with Crippen LogP contribution in [0.3, 0.4) is 0 Å². The van der Waals surface area contributed by atoms with Crippen LogP contribution in [-0.4, -0.2) is 6.61 Å². The zero-order valence-corrected chi connectivity index (χ0v) is 15.1. The van der Waals surface area contributed by atoms with Crippen molar-refractivity contribution in [3.05, 3.63) is 63.1 Å². The topological polar surface area (TPSA) is 9.23 Å². The Morgan fingerprint density at radius 2 is 1.85 bits per heavy atom. The summed E-state index contributed by atoms with van der Waals surface area (Å²) in [7, 11) is 0. The molecule has 2 aromatic carbocycles. The lowest BCUT2D eigenvalue weighted by Gasteiger charge is -2.18. The van der Waals surface area contributed by atoms with Crippen molar-refractivity contribution < 1.29 is 4.74 Å². The molecule has 0 aliphatic carbocycles. The molecule has 0 saturated carbocycles. The third kappa shape index (κ3) is 3.26. The summed E-state index contributed by atoms with van der Waals surface area (Å²) in [5.41, 5.74) is 4.91. The molecule has 0 radical (unpaired) electrons. The van der Waals surface area contributed by atoms with E-state index in [0.29, 0.717) is 6.61 Å². The molecule has 0 spiro atoms. The fourth-order valence-corrected chi connectivity index (χ4v) is 3.45. The Kier molecular flexibility index (Phi) is 5.28. The van der Waals surface area contributed by atoms with Gasteiger partial charge in [-0.25, -0.2) is 0 Å². The van der Waals surface area contributed by atoms with Crippen LogP contribution in [0.5, 0.6) is 5.75 Å². The van der Waals surface area contributed by atoms with E-state index < -0.39 is 0 Å². The number of aryl methyl sites for hydroxylation is 1. The van der Waals surface area contributed by atoms with Crippen molar-refractivity contribution in [2.45, 2.75) is 25.6 Å². The molecule has 0 aromatic heterocycles. The Morgan fingerprint density at radius 1 is 1.10 bits per heavy atom. The number of alkyl halides is 1. The molecule has 2 rings (SSSR count). The van der Waals surface area contributed by atoms with Crippen LogP contribution in [0, 0.1) is 13.8 Å². The highest BCUT2D eigenvalue weighted by atomic mass is 79.9. The molecule has 20 heavy (non-hydrogen) atoms. The molecular weight excluding hydrogens is 380 g/mol. The largest absolute Gasteiger partial charge is 0.494 e. The van der Waals surface area contributed by atoms with Crippen molar-refractivity contribution in [1.29, 1.82) is 0 Å². The summed E-state index contributed by atoms with van der Waals surface area (Å²) in [5, 5.41) is 0. The minimum absolute atomic E-state index is 0.126. The maximum atomic E-state index is 5.76. The van der Waals surface area contributed by atoms with Gasteiger partial charge < -0.3 is 4.74 Å². The van der Waals surface area contributed by atoms with E-state index in [2.05, 4.69) is 82.1 Å². The molecule has 0 N–H and O–H groups in total. The highest BCUT2D eigenvalue weighted by molar-refractivity contribution is 9.10. The van der Waals surface area contributed by atoms with Gasteiger partial charge in [0.25, 0.3) is 0 Å². The van der Waals surface area contributed by atoms with Crippen molar-refractivity contribution >= 4 is 31.9 Å². The summed E-state index contributed by atoms with van der Waals surface area (Å²) in [6.45, 7) is 6.92. The van der Waals surface area contributed by atoms with Crippen LogP contribution in [0.25, 0.3) is 0 Å². The third-order valence-corrected chi connectivity index (χ3v) is 5.17. The molecular formula is C17H18Br2O. The molecule has 0 fully saturated rings. The van der Waals surface area contributed by atoms with Gasteiger partial charge in [0.1, 0.15) is 5.75 Å². The number of ether oxygens (including phenoxy) is 1. The quantitative estimate of drug-likeness (QED) is 0.579. The van der Waals surface area contributed by atoms with Crippen LogP contribution >= 0.6 is 31.9 Å². The van der Waals surface area contributed by atoms with Gasteiger partial charge in [-0.2, -0.15) is 0 Å². The van der Waals surface area contributed by atoms with Gasteiger partial charge in [-0.05, 0) is 44.0 Å². The van der Waals surface area contributed by atoms with E-state index in [1.807, 2.05) is 6.92 Å². The molecule has 1 atom stereocenters. The Morgan fingerprint density at radius 3 is 2.55 bits per heavy atom. The van der Waals surface area contributed by atoms with Crippen molar-refractivity contribution in [1.82, 2.24) is 0 Å². The average molecular weight is 398 g/mol. The van der Waals surface area contributed by atoms with Crippen LogP contribution in [0.4, 0.5) is 0 Å². The molecule has 2 aromatic rings. The maximum absolute atomic E-state index is 5.76. The molecule has 0 aliphatic rings. The summed E-state index contributed by atoms with van der Waals surface area (Å²) in [6.07, 6.45) is 0. The minimum Gasteiger partial charge on any atom is -0.494 e. The molecule has 0 heterocycles. The average Bonchev–Trinajstić information content (AvgIpc) is 2.43. The van der Waals surface area contributed by atoms with Gasteiger partial charge >= 0.3 is 0 Å². The number of halogens is 2. The monoisotopic (exact) mass is 396 g/mol. The second-order valence-corrected chi connectivity index (χ2v) is 6.56. The van der Waals surface area contributed by atoms with Crippen molar-refractivity contribution in [2.24, 2.45) is 0 Å². The molecule has 106 valence electrons. The zero-order valence-electron chi connectivity index (χ0n) is 11.9. The maximum Gasteiger partial charge on any atom is 0.123 e. The highest BCUT2D eigenvalue weighted by Crippen LogP contribution is 2.39. The van der Waals surface area contributed by atoms with E-state index >= 15 is 0 Å². The van der Waals surface area contributed by atoms with E-state index in [1.54, 1.807) is 0 Å². The first-order valence-electron chi connectivity index (χ1n) is 6.67. The number of rotatable bonds is 4. The summed E-state index contributed by atoms with van der Waals surface area (Å²) >= 11 is 7.43. The summed E-state index contributed by atoms with van der Waals surface area (Å²) < 4.78 is 6.89. The number of hydrogen-bond donors (Lipinski definition) is 0. The van der Waals surface area contributed by atoms with Gasteiger partial charge in [-0.15, -0.1) is 0 Å². The van der Waals surface area contributed by atoms with Crippen LogP contribution in [0.1, 0.15) is 34.0 Å². The third-order valence-electron chi connectivity index (χ3n) is 3.32. The fraction of sp³-hybridized carbons (Fsp3) is 0.294. The van der Waals surface area contributed by atoms with Gasteiger partial charge in [0.05, 0.1) is 11.4 Å². The molecule has 0 saturated heterocycles. The second-order valence-electron chi connectivity index (χ2n) is 4.79. The smallest absolute Gasteiger partial charge is 0.123 e. The Bertz CT molecular complexity index is 608. The Hall–Kier alpha value is -0.800. The molecule has 0 aliphatic heterocycles. The van der Waals surface area contributed by atoms with E-state index in [0.717, 1.165) is 10.2 Å². The predicted octanol–water partition coefficient (Wildman–Crippen LogP) is 5.95. The fourth-order valence-electron chi connectivity index (χ4n) is 2.22. The van der Waals surface area contributed by atoms with Crippen LogP contribution in [0.2, 0.25) is 0 Å². The van der Waals surface area contributed by atoms with Crippen LogP contribution in [-0.2, 0) is 0 Å². The Labute approximate surface area is 137 Å². The lowest BCUT2D eigenvalue weighted by atomic mass is 9.98. The lowest BCUT2D eigenvalue weighted by Crippen LogP contribution is -2.02. The van der Waals surface area contributed by atoms with Crippen molar-refractivity contribution in [3.63, 3.8) is 0 Å². The van der Waals surface area contributed by atoms with E-state index in [1.165, 1.54) is 22.3 Å². The predicted molar refractivity (Wildman–Crippen MR) is 92.0 cm³/mol. The van der Waals surface area contributed by atoms with E-state index in [9.17, 15) is 0 Å². The van der Waals surface area contributed by atoms with Gasteiger partial charge in [-0.1, -0.05) is 61.7 Å². The normalized spacial score (nSPS) is 12.2. The standard InChI is InChI=1S/C17H18Br2O/c1-4-20-16-9-8-11(2)10-14(16)17(19)13-6-5-7-15(18)12(13)3/h5-10,17H,4H2,1-3H3. The first-order valence-corrected chi connectivity index (χ1v) is 8.38. The summed E-state index contributed by atoms with van der Waals surface area (Å²) in [4.78, 5) is 0.126. The number of benzene rings is 2. The molecule has 3 heteroatoms.